The van der Waals surface area contributed by atoms with E-state index in [0.717, 1.165) is 48.8 Å². The van der Waals surface area contributed by atoms with Crippen molar-refractivity contribution < 1.29 is 4.79 Å². The number of nitrogens with zero attached hydrogens (tertiary/aromatic N) is 4. The van der Waals surface area contributed by atoms with Gasteiger partial charge < -0.3 is 9.80 Å². The highest BCUT2D eigenvalue weighted by Crippen LogP contribution is 2.27. The van der Waals surface area contributed by atoms with Crippen LogP contribution in [0.5, 0.6) is 0 Å². The Labute approximate surface area is 166 Å². The van der Waals surface area contributed by atoms with Crippen LogP contribution in [-0.4, -0.2) is 46.8 Å². The van der Waals surface area contributed by atoms with Crippen molar-refractivity contribution in [1.82, 2.24) is 14.7 Å². The molecule has 1 fully saturated rings. The van der Waals surface area contributed by atoms with Crippen LogP contribution in [-0.2, 0) is 11.2 Å². The number of piperazine rings is 1. The molecular weight excluding hydrogens is 348 g/mol. The molecule has 0 bridgehead atoms. The molecule has 1 saturated heterocycles. The lowest BCUT2D eigenvalue weighted by atomic mass is 10.1. The summed E-state index contributed by atoms with van der Waals surface area (Å²) >= 11 is 0. The van der Waals surface area contributed by atoms with Crippen LogP contribution < -0.4 is 4.90 Å². The predicted octanol–water partition coefficient (Wildman–Crippen LogP) is 3.38. The number of anilines is 1. The molecule has 5 heteroatoms. The maximum Gasteiger partial charge on any atom is 0.227 e. The Kier molecular flexibility index (Phi) is 5.15. The molecule has 2 aromatic carbocycles. The van der Waals surface area contributed by atoms with Crippen molar-refractivity contribution in [3.63, 3.8) is 0 Å². The van der Waals surface area contributed by atoms with E-state index in [1.54, 1.807) is 0 Å². The van der Waals surface area contributed by atoms with Gasteiger partial charge >= 0.3 is 0 Å². The van der Waals surface area contributed by atoms with Gasteiger partial charge in [-0.15, -0.1) is 0 Å². The number of hydrogen-bond acceptors (Lipinski definition) is 3. The zero-order chi connectivity index (χ0) is 19.5. The Bertz CT molecular complexity index is 941. The van der Waals surface area contributed by atoms with E-state index in [0.29, 0.717) is 6.42 Å². The number of aromatic nitrogens is 2. The smallest absolute Gasteiger partial charge is 0.227 e. The summed E-state index contributed by atoms with van der Waals surface area (Å²) in [5.41, 5.74) is 5.52. The van der Waals surface area contributed by atoms with Gasteiger partial charge in [0.2, 0.25) is 5.91 Å². The SMILES string of the molecule is Cc1nn(-c2ccccc2)c(C)c1N1CCN(C(=O)Cc2ccccc2)CC1. The molecule has 144 valence electrons. The van der Waals surface area contributed by atoms with E-state index in [9.17, 15) is 4.79 Å². The van der Waals surface area contributed by atoms with E-state index >= 15 is 0 Å². The van der Waals surface area contributed by atoms with E-state index in [1.165, 1.54) is 5.69 Å². The van der Waals surface area contributed by atoms with Crippen molar-refractivity contribution in [1.29, 1.82) is 0 Å². The molecule has 0 unspecified atom stereocenters. The molecular formula is C23H26N4O. The minimum atomic E-state index is 0.208. The predicted molar refractivity (Wildman–Crippen MR) is 112 cm³/mol. The van der Waals surface area contributed by atoms with Gasteiger partial charge in [0, 0.05) is 26.2 Å². The fourth-order valence-corrected chi connectivity index (χ4v) is 3.97. The van der Waals surface area contributed by atoms with Crippen LogP contribution in [0.15, 0.2) is 60.7 Å². The van der Waals surface area contributed by atoms with Crippen molar-refractivity contribution in [3.8, 4) is 5.69 Å². The molecule has 0 radical (unpaired) electrons. The first kappa shape index (κ1) is 18.3. The number of aryl methyl sites for hydroxylation is 1. The number of rotatable bonds is 4. The van der Waals surface area contributed by atoms with Crippen LogP contribution in [0.25, 0.3) is 5.69 Å². The average Bonchev–Trinajstić information content (AvgIpc) is 3.03. The highest BCUT2D eigenvalue weighted by atomic mass is 16.2. The third-order valence-electron chi connectivity index (χ3n) is 5.40. The van der Waals surface area contributed by atoms with Crippen LogP contribution in [0.4, 0.5) is 5.69 Å². The molecule has 0 aliphatic carbocycles. The molecule has 0 saturated carbocycles. The highest BCUT2D eigenvalue weighted by Gasteiger charge is 2.25. The fourth-order valence-electron chi connectivity index (χ4n) is 3.97. The van der Waals surface area contributed by atoms with E-state index < -0.39 is 0 Å². The topological polar surface area (TPSA) is 41.4 Å². The highest BCUT2D eigenvalue weighted by molar-refractivity contribution is 5.79. The largest absolute Gasteiger partial charge is 0.365 e. The number of para-hydroxylation sites is 1. The van der Waals surface area contributed by atoms with E-state index in [-0.39, 0.29) is 5.91 Å². The lowest BCUT2D eigenvalue weighted by Gasteiger charge is -2.36. The minimum absolute atomic E-state index is 0.208. The second kappa shape index (κ2) is 7.89. The summed E-state index contributed by atoms with van der Waals surface area (Å²) in [6.07, 6.45) is 0.477. The van der Waals surface area contributed by atoms with Gasteiger partial charge in [-0.3, -0.25) is 4.79 Å². The van der Waals surface area contributed by atoms with Gasteiger partial charge in [-0.05, 0) is 31.5 Å². The second-order valence-electron chi connectivity index (χ2n) is 7.30. The molecule has 1 amide bonds. The Morgan fingerprint density at radius 2 is 1.50 bits per heavy atom. The van der Waals surface area contributed by atoms with Gasteiger partial charge in [0.15, 0.2) is 0 Å². The van der Waals surface area contributed by atoms with Crippen molar-refractivity contribution in [2.45, 2.75) is 20.3 Å². The van der Waals surface area contributed by atoms with Gasteiger partial charge in [-0.1, -0.05) is 48.5 Å². The molecule has 4 rings (SSSR count). The maximum absolute atomic E-state index is 12.6. The summed E-state index contributed by atoms with van der Waals surface area (Å²) in [5, 5.41) is 4.76. The van der Waals surface area contributed by atoms with Gasteiger partial charge in [0.1, 0.15) is 0 Å². The molecule has 3 aromatic rings. The average molecular weight is 374 g/mol. The van der Waals surface area contributed by atoms with E-state index in [2.05, 4.69) is 30.9 Å². The second-order valence-corrected chi connectivity index (χ2v) is 7.30. The molecule has 0 N–H and O–H groups in total. The summed E-state index contributed by atoms with van der Waals surface area (Å²) in [5.74, 6) is 0.208. The zero-order valence-electron chi connectivity index (χ0n) is 16.5. The molecule has 1 aliphatic heterocycles. The first-order chi connectivity index (χ1) is 13.6. The quantitative estimate of drug-likeness (QED) is 0.703. The van der Waals surface area contributed by atoms with E-state index in [4.69, 9.17) is 5.10 Å². The Morgan fingerprint density at radius 1 is 0.893 bits per heavy atom. The van der Waals surface area contributed by atoms with Crippen molar-refractivity contribution in [2.24, 2.45) is 0 Å². The third-order valence-corrected chi connectivity index (χ3v) is 5.40. The lowest BCUT2D eigenvalue weighted by molar-refractivity contribution is -0.130. The molecule has 0 atom stereocenters. The summed E-state index contributed by atoms with van der Waals surface area (Å²) in [7, 11) is 0. The molecule has 0 spiro atoms. The summed E-state index contributed by atoms with van der Waals surface area (Å²) in [6, 6.07) is 20.2. The van der Waals surface area contributed by atoms with Crippen LogP contribution in [0.3, 0.4) is 0 Å². The number of carbonyl (C=O) groups is 1. The molecule has 5 nitrogen and oxygen atoms in total. The first-order valence-corrected chi connectivity index (χ1v) is 9.82. The third kappa shape index (κ3) is 3.65. The standard InChI is InChI=1S/C23H26N4O/c1-18-23(19(2)27(24-18)21-11-7-4-8-12-21)26-15-13-25(14-16-26)22(28)17-20-9-5-3-6-10-20/h3-12H,13-17H2,1-2H3. The summed E-state index contributed by atoms with van der Waals surface area (Å²) in [6.45, 7) is 7.36. The monoisotopic (exact) mass is 374 g/mol. The van der Waals surface area contributed by atoms with Gasteiger partial charge in [0.25, 0.3) is 0 Å². The molecule has 28 heavy (non-hydrogen) atoms. The number of benzene rings is 2. The first-order valence-electron chi connectivity index (χ1n) is 9.82. The Balaban J connectivity index is 1.44. The number of carbonyl (C=O) groups excluding carboxylic acids is 1. The molecule has 2 heterocycles. The number of hydrogen-bond donors (Lipinski definition) is 0. The zero-order valence-corrected chi connectivity index (χ0v) is 16.5. The Morgan fingerprint density at radius 3 is 2.14 bits per heavy atom. The van der Waals surface area contributed by atoms with Crippen LogP contribution in [0.2, 0.25) is 0 Å². The van der Waals surface area contributed by atoms with Gasteiger partial charge in [-0.2, -0.15) is 5.10 Å². The van der Waals surface area contributed by atoms with Gasteiger partial charge in [0.05, 0.1) is 29.2 Å². The van der Waals surface area contributed by atoms with Crippen LogP contribution in [0, 0.1) is 13.8 Å². The fraction of sp³-hybridized carbons (Fsp3) is 0.304. The van der Waals surface area contributed by atoms with Crippen molar-refractivity contribution >= 4 is 11.6 Å². The van der Waals surface area contributed by atoms with Crippen LogP contribution in [0.1, 0.15) is 17.0 Å². The van der Waals surface area contributed by atoms with Crippen molar-refractivity contribution in [3.05, 3.63) is 77.6 Å². The summed E-state index contributed by atoms with van der Waals surface area (Å²) in [4.78, 5) is 17.0. The molecule has 1 aromatic heterocycles. The number of amides is 1. The normalized spacial score (nSPS) is 14.4. The maximum atomic E-state index is 12.6. The van der Waals surface area contributed by atoms with Gasteiger partial charge in [-0.25, -0.2) is 4.68 Å². The van der Waals surface area contributed by atoms with E-state index in [1.807, 2.05) is 58.1 Å². The Hall–Kier alpha value is -3.08. The van der Waals surface area contributed by atoms with Crippen molar-refractivity contribution in [2.75, 3.05) is 31.1 Å². The minimum Gasteiger partial charge on any atom is -0.365 e. The molecule has 1 aliphatic rings. The lowest BCUT2D eigenvalue weighted by Crippen LogP contribution is -2.49. The summed E-state index contributed by atoms with van der Waals surface area (Å²) < 4.78 is 2.01. The van der Waals surface area contributed by atoms with Crippen LogP contribution >= 0.6 is 0 Å².